The number of aromatic nitrogens is 1. The molecule has 6 heteroatoms. The predicted octanol–water partition coefficient (Wildman–Crippen LogP) is 2.89. The number of carbonyl (C=O) groups is 2. The monoisotopic (exact) mass is 401 g/mol. The molecule has 1 aliphatic heterocycles. The number of fused-ring (bicyclic) bond motifs is 1. The number of nitrogens with two attached hydrogens (primary N) is 1. The molecule has 1 aromatic heterocycles. The molecule has 150 valence electrons. The average Bonchev–Trinajstić information content (AvgIpc) is 3.21. The van der Waals surface area contributed by atoms with E-state index in [0.29, 0.717) is 19.4 Å². The van der Waals surface area contributed by atoms with Crippen molar-refractivity contribution in [1.29, 1.82) is 0 Å². The van der Waals surface area contributed by atoms with E-state index in [1.54, 1.807) is 0 Å². The van der Waals surface area contributed by atoms with Gasteiger partial charge in [0.05, 0.1) is 6.42 Å². The van der Waals surface area contributed by atoms with Gasteiger partial charge in [-0.15, -0.1) is 12.4 Å². The zero-order valence-electron chi connectivity index (χ0n) is 16.3. The third-order valence-corrected chi connectivity index (χ3v) is 5.94. The van der Waals surface area contributed by atoms with Crippen molar-refractivity contribution < 1.29 is 9.59 Å². The normalized spacial score (nSPS) is 18.7. The highest BCUT2D eigenvalue weighted by molar-refractivity contribution is 6.01. The van der Waals surface area contributed by atoms with Crippen molar-refractivity contribution in [2.75, 3.05) is 13.1 Å². The molecular formula is C22H28ClN3O2. The second-order valence-corrected chi connectivity index (χ2v) is 7.80. The molecule has 1 aromatic carbocycles. The molecule has 0 saturated carbocycles. The van der Waals surface area contributed by atoms with Gasteiger partial charge < -0.3 is 15.2 Å². The molecule has 1 fully saturated rings. The Morgan fingerprint density at radius 3 is 2.64 bits per heavy atom. The molecule has 2 heterocycles. The topological polar surface area (TPSA) is 68.3 Å². The Balaban J connectivity index is 0.00000225. The van der Waals surface area contributed by atoms with Crippen LogP contribution in [-0.2, 0) is 24.2 Å². The fourth-order valence-corrected chi connectivity index (χ4v) is 4.46. The lowest BCUT2D eigenvalue weighted by Gasteiger charge is -2.17. The van der Waals surface area contributed by atoms with E-state index in [-0.39, 0.29) is 30.1 Å². The Bertz CT molecular complexity index is 876. The first kappa shape index (κ1) is 20.6. The summed E-state index contributed by atoms with van der Waals surface area (Å²) in [5.41, 5.74) is 11.1. The van der Waals surface area contributed by atoms with Crippen LogP contribution in [0.3, 0.4) is 0 Å². The summed E-state index contributed by atoms with van der Waals surface area (Å²) in [7, 11) is 0. The van der Waals surface area contributed by atoms with Crippen molar-refractivity contribution in [1.82, 2.24) is 9.47 Å². The summed E-state index contributed by atoms with van der Waals surface area (Å²) in [5, 5.41) is 0. The molecule has 5 nitrogen and oxygen atoms in total. The molecule has 1 saturated heterocycles. The molecule has 1 unspecified atom stereocenters. The molecule has 1 aliphatic carbocycles. The van der Waals surface area contributed by atoms with Gasteiger partial charge in [-0.1, -0.05) is 30.3 Å². The maximum absolute atomic E-state index is 12.8. The lowest BCUT2D eigenvalue weighted by atomic mass is 9.92. The lowest BCUT2D eigenvalue weighted by Crippen LogP contribution is -2.33. The van der Waals surface area contributed by atoms with Gasteiger partial charge in [0, 0.05) is 49.0 Å². The van der Waals surface area contributed by atoms with Gasteiger partial charge in [-0.3, -0.25) is 9.59 Å². The average molecular weight is 402 g/mol. The Morgan fingerprint density at radius 2 is 1.96 bits per heavy atom. The van der Waals surface area contributed by atoms with E-state index in [0.717, 1.165) is 54.9 Å². The fraction of sp³-hybridized carbons (Fsp3) is 0.455. The van der Waals surface area contributed by atoms with E-state index in [4.69, 9.17) is 5.73 Å². The predicted molar refractivity (Wildman–Crippen MR) is 112 cm³/mol. The Kier molecular flexibility index (Phi) is 6.26. The molecule has 1 amide bonds. The number of carbonyl (C=O) groups excluding carboxylic acids is 2. The smallest absolute Gasteiger partial charge is 0.227 e. The minimum atomic E-state index is 0. The third kappa shape index (κ3) is 3.87. The maximum atomic E-state index is 12.8. The first-order valence-electron chi connectivity index (χ1n) is 9.86. The van der Waals surface area contributed by atoms with Crippen molar-refractivity contribution in [3.63, 3.8) is 0 Å². The lowest BCUT2D eigenvalue weighted by molar-refractivity contribution is -0.129. The van der Waals surface area contributed by atoms with Crippen LogP contribution >= 0.6 is 12.4 Å². The van der Waals surface area contributed by atoms with Crippen LogP contribution in [0.25, 0.3) is 0 Å². The van der Waals surface area contributed by atoms with Crippen LogP contribution in [0.1, 0.15) is 52.1 Å². The van der Waals surface area contributed by atoms with E-state index in [1.807, 2.05) is 30.0 Å². The number of likely N-dealkylation sites (tertiary alicyclic amines) is 1. The number of Topliss-reactive ketones (excluding diaryl/α,β-unsaturated/α-hetero) is 1. The van der Waals surface area contributed by atoms with Crippen LogP contribution in [-0.4, -0.2) is 40.3 Å². The van der Waals surface area contributed by atoms with Crippen molar-refractivity contribution >= 4 is 24.1 Å². The minimum Gasteiger partial charge on any atom is -0.343 e. The van der Waals surface area contributed by atoms with Gasteiger partial charge in [-0.05, 0) is 37.3 Å². The number of halogens is 1. The van der Waals surface area contributed by atoms with Crippen LogP contribution in [0.15, 0.2) is 30.3 Å². The Morgan fingerprint density at radius 1 is 1.21 bits per heavy atom. The Labute approximate surface area is 172 Å². The number of hydrogen-bond acceptors (Lipinski definition) is 3. The number of benzene rings is 1. The second-order valence-electron chi connectivity index (χ2n) is 7.80. The number of ketones is 1. The largest absolute Gasteiger partial charge is 0.343 e. The molecule has 4 rings (SSSR count). The summed E-state index contributed by atoms with van der Waals surface area (Å²) in [5.74, 6) is 0.274. The van der Waals surface area contributed by atoms with Crippen LogP contribution in [0.2, 0.25) is 0 Å². The Hall–Kier alpha value is -2.11. The van der Waals surface area contributed by atoms with E-state index in [9.17, 15) is 9.59 Å². The van der Waals surface area contributed by atoms with Gasteiger partial charge in [-0.25, -0.2) is 0 Å². The first-order valence-corrected chi connectivity index (χ1v) is 9.86. The molecule has 2 aliphatic rings. The van der Waals surface area contributed by atoms with Gasteiger partial charge >= 0.3 is 0 Å². The molecule has 0 spiro atoms. The van der Waals surface area contributed by atoms with Crippen LogP contribution < -0.4 is 5.73 Å². The highest BCUT2D eigenvalue weighted by Crippen LogP contribution is 2.31. The molecular weight excluding hydrogens is 374 g/mol. The zero-order valence-corrected chi connectivity index (χ0v) is 17.1. The SMILES string of the molecule is Cc1c(CC(=O)N2CCC(N)C2)c2c(n1Cc1ccccc1)CCCC2=O.Cl. The molecule has 2 N–H and O–H groups in total. The minimum absolute atomic E-state index is 0. The van der Waals surface area contributed by atoms with Crippen molar-refractivity contribution in [3.8, 4) is 0 Å². The van der Waals surface area contributed by atoms with Gasteiger partial charge in [-0.2, -0.15) is 0 Å². The zero-order chi connectivity index (χ0) is 19.0. The quantitative estimate of drug-likeness (QED) is 0.856. The maximum Gasteiger partial charge on any atom is 0.227 e. The highest BCUT2D eigenvalue weighted by Gasteiger charge is 2.31. The molecule has 2 aromatic rings. The van der Waals surface area contributed by atoms with Gasteiger partial charge in [0.15, 0.2) is 5.78 Å². The molecule has 0 radical (unpaired) electrons. The highest BCUT2D eigenvalue weighted by atomic mass is 35.5. The fourth-order valence-electron chi connectivity index (χ4n) is 4.46. The van der Waals surface area contributed by atoms with E-state index < -0.39 is 0 Å². The summed E-state index contributed by atoms with van der Waals surface area (Å²) in [6.07, 6.45) is 3.53. The first-order chi connectivity index (χ1) is 13.0. The van der Waals surface area contributed by atoms with E-state index in [1.165, 1.54) is 5.56 Å². The number of hydrogen-bond donors (Lipinski definition) is 1. The van der Waals surface area contributed by atoms with E-state index in [2.05, 4.69) is 16.7 Å². The standard InChI is InChI=1S/C22H27N3O2.ClH/c1-15-18(12-21(27)24-11-10-17(23)14-24)22-19(8-5-9-20(22)26)25(15)13-16-6-3-2-4-7-16;/h2-4,6-7,17H,5,8-14,23H2,1H3;1H. The van der Waals surface area contributed by atoms with Crippen LogP contribution in [0, 0.1) is 6.92 Å². The molecule has 1 atom stereocenters. The summed E-state index contributed by atoms with van der Waals surface area (Å²) in [6.45, 7) is 4.14. The second kappa shape index (κ2) is 8.50. The molecule has 28 heavy (non-hydrogen) atoms. The summed E-state index contributed by atoms with van der Waals surface area (Å²) >= 11 is 0. The van der Waals surface area contributed by atoms with Crippen molar-refractivity contribution in [2.45, 2.75) is 51.6 Å². The number of amides is 1. The number of rotatable bonds is 4. The van der Waals surface area contributed by atoms with Crippen LogP contribution in [0.4, 0.5) is 0 Å². The van der Waals surface area contributed by atoms with Gasteiger partial charge in [0.2, 0.25) is 5.91 Å². The molecule has 0 bridgehead atoms. The van der Waals surface area contributed by atoms with Crippen molar-refractivity contribution in [3.05, 3.63) is 58.4 Å². The van der Waals surface area contributed by atoms with Crippen molar-refractivity contribution in [2.24, 2.45) is 5.73 Å². The summed E-state index contributed by atoms with van der Waals surface area (Å²) < 4.78 is 2.25. The van der Waals surface area contributed by atoms with Gasteiger partial charge in [0.25, 0.3) is 0 Å². The van der Waals surface area contributed by atoms with Crippen LogP contribution in [0.5, 0.6) is 0 Å². The van der Waals surface area contributed by atoms with E-state index >= 15 is 0 Å². The summed E-state index contributed by atoms with van der Waals surface area (Å²) in [4.78, 5) is 27.4. The third-order valence-electron chi connectivity index (χ3n) is 5.94. The van der Waals surface area contributed by atoms with Gasteiger partial charge in [0.1, 0.15) is 0 Å². The summed E-state index contributed by atoms with van der Waals surface area (Å²) in [6, 6.07) is 10.4. The number of nitrogens with zero attached hydrogens (tertiary/aromatic N) is 2.